The van der Waals surface area contributed by atoms with Crippen molar-refractivity contribution in [3.05, 3.63) is 83.9 Å². The molecule has 0 saturated heterocycles. The Bertz CT molecular complexity index is 1130. The number of furan rings is 1. The van der Waals surface area contributed by atoms with Gasteiger partial charge in [-0.25, -0.2) is 0 Å². The van der Waals surface area contributed by atoms with Crippen molar-refractivity contribution in [1.29, 1.82) is 0 Å². The van der Waals surface area contributed by atoms with Crippen LogP contribution in [0.5, 0.6) is 11.5 Å². The van der Waals surface area contributed by atoms with E-state index >= 15 is 0 Å². The molecule has 4 aromatic rings. The minimum Gasteiger partial charge on any atom is -0.493 e. The summed E-state index contributed by atoms with van der Waals surface area (Å²) in [7, 11) is 3.22. The first-order valence-corrected chi connectivity index (χ1v) is 9.76. The van der Waals surface area contributed by atoms with Gasteiger partial charge in [0.1, 0.15) is 5.76 Å². The fraction of sp³-hybridized carbons (Fsp3) is 0.208. The molecule has 0 radical (unpaired) electrons. The molecule has 30 heavy (non-hydrogen) atoms. The molecule has 0 unspecified atom stereocenters. The van der Waals surface area contributed by atoms with E-state index in [1.807, 2.05) is 48.7 Å². The number of methoxy groups -OCH3 is 2. The van der Waals surface area contributed by atoms with Crippen molar-refractivity contribution in [3.8, 4) is 11.5 Å². The summed E-state index contributed by atoms with van der Waals surface area (Å²) in [5.41, 5.74) is 3.07. The van der Waals surface area contributed by atoms with Gasteiger partial charge in [-0.3, -0.25) is 4.79 Å². The van der Waals surface area contributed by atoms with Gasteiger partial charge in [0.15, 0.2) is 11.5 Å². The Hall–Kier alpha value is -3.67. The summed E-state index contributed by atoms with van der Waals surface area (Å²) < 4.78 is 16.2. The molecule has 0 aliphatic rings. The molecule has 1 atom stereocenters. The van der Waals surface area contributed by atoms with Crippen LogP contribution in [-0.4, -0.2) is 25.1 Å². The van der Waals surface area contributed by atoms with E-state index in [-0.39, 0.29) is 18.2 Å². The van der Waals surface area contributed by atoms with Gasteiger partial charge in [-0.2, -0.15) is 0 Å². The van der Waals surface area contributed by atoms with Gasteiger partial charge in [-0.15, -0.1) is 0 Å². The highest BCUT2D eigenvalue weighted by atomic mass is 16.5. The predicted octanol–water partition coefficient (Wildman–Crippen LogP) is 4.62. The van der Waals surface area contributed by atoms with Gasteiger partial charge in [0, 0.05) is 29.4 Å². The number of carbonyl (C=O) groups excluding carboxylic acids is 1. The van der Waals surface area contributed by atoms with Crippen molar-refractivity contribution >= 4 is 16.8 Å². The first-order chi connectivity index (χ1) is 14.7. The largest absolute Gasteiger partial charge is 0.493 e. The molecule has 2 heterocycles. The number of nitrogens with one attached hydrogen (secondary N) is 2. The number of carbonyl (C=O) groups is 1. The van der Waals surface area contributed by atoms with Crippen molar-refractivity contribution in [1.82, 2.24) is 10.3 Å². The lowest BCUT2D eigenvalue weighted by atomic mass is 9.87. The van der Waals surface area contributed by atoms with E-state index in [2.05, 4.69) is 16.4 Å². The predicted molar refractivity (Wildman–Crippen MR) is 115 cm³/mol. The molecule has 154 valence electrons. The molecule has 2 aromatic carbocycles. The zero-order valence-corrected chi connectivity index (χ0v) is 17.0. The van der Waals surface area contributed by atoms with Gasteiger partial charge in [0.25, 0.3) is 0 Å². The molecule has 6 heteroatoms. The number of fused-ring (bicyclic) bond motifs is 1. The van der Waals surface area contributed by atoms with E-state index in [4.69, 9.17) is 13.9 Å². The fourth-order valence-electron chi connectivity index (χ4n) is 3.72. The molecule has 0 spiro atoms. The molecule has 6 nitrogen and oxygen atoms in total. The monoisotopic (exact) mass is 404 g/mol. The normalized spacial score (nSPS) is 11.9. The fourth-order valence-corrected chi connectivity index (χ4v) is 3.72. The second-order valence-corrected chi connectivity index (χ2v) is 7.02. The van der Waals surface area contributed by atoms with Crippen LogP contribution in [0.2, 0.25) is 0 Å². The number of hydrogen-bond acceptors (Lipinski definition) is 4. The summed E-state index contributed by atoms with van der Waals surface area (Å²) in [6.07, 6.45) is 3.86. The average molecular weight is 404 g/mol. The standard InChI is InChI=1S/C24H24N2O4/c1-28-22-10-9-16(12-23(22)29-2)19(13-24(27)26-14-17-6-5-11-30-17)20-15-25-21-8-4-3-7-18(20)21/h3-12,15,19,25H,13-14H2,1-2H3,(H,26,27)/t19-/m1/s1. The van der Waals surface area contributed by atoms with Crippen LogP contribution in [0.4, 0.5) is 0 Å². The van der Waals surface area contributed by atoms with Crippen LogP contribution in [0.1, 0.15) is 29.2 Å². The van der Waals surface area contributed by atoms with Gasteiger partial charge < -0.3 is 24.2 Å². The Morgan fingerprint density at radius 3 is 2.67 bits per heavy atom. The van der Waals surface area contributed by atoms with E-state index in [0.29, 0.717) is 18.0 Å². The van der Waals surface area contributed by atoms with E-state index in [0.717, 1.165) is 27.8 Å². The summed E-state index contributed by atoms with van der Waals surface area (Å²) in [4.78, 5) is 16.1. The molecule has 4 rings (SSSR count). The lowest BCUT2D eigenvalue weighted by molar-refractivity contribution is -0.121. The number of aromatic amines is 1. The van der Waals surface area contributed by atoms with Crippen LogP contribution in [0.25, 0.3) is 10.9 Å². The van der Waals surface area contributed by atoms with Crippen molar-refractivity contribution in [2.75, 3.05) is 14.2 Å². The van der Waals surface area contributed by atoms with Crippen molar-refractivity contribution in [2.45, 2.75) is 18.9 Å². The van der Waals surface area contributed by atoms with Crippen LogP contribution >= 0.6 is 0 Å². The Morgan fingerprint density at radius 1 is 1.07 bits per heavy atom. The third-order valence-electron chi connectivity index (χ3n) is 5.24. The zero-order valence-electron chi connectivity index (χ0n) is 17.0. The Kier molecular flexibility index (Phi) is 5.75. The maximum Gasteiger partial charge on any atom is 0.221 e. The summed E-state index contributed by atoms with van der Waals surface area (Å²) >= 11 is 0. The number of benzene rings is 2. The molecular formula is C24H24N2O4. The molecule has 0 aliphatic carbocycles. The number of rotatable bonds is 8. The first kappa shape index (κ1) is 19.6. The molecule has 0 saturated carbocycles. The molecule has 2 aromatic heterocycles. The van der Waals surface area contributed by atoms with Crippen LogP contribution < -0.4 is 14.8 Å². The third-order valence-corrected chi connectivity index (χ3v) is 5.24. The number of H-pyrrole nitrogens is 1. The van der Waals surface area contributed by atoms with E-state index in [1.165, 1.54) is 0 Å². The smallest absolute Gasteiger partial charge is 0.221 e. The van der Waals surface area contributed by atoms with Crippen LogP contribution in [-0.2, 0) is 11.3 Å². The van der Waals surface area contributed by atoms with Gasteiger partial charge in [-0.05, 0) is 41.5 Å². The van der Waals surface area contributed by atoms with Crippen molar-refractivity contribution < 1.29 is 18.7 Å². The highest BCUT2D eigenvalue weighted by Crippen LogP contribution is 2.37. The van der Waals surface area contributed by atoms with Crippen LogP contribution in [0, 0.1) is 0 Å². The van der Waals surface area contributed by atoms with E-state index in [1.54, 1.807) is 26.5 Å². The Balaban J connectivity index is 1.67. The van der Waals surface area contributed by atoms with Crippen molar-refractivity contribution in [2.24, 2.45) is 0 Å². The molecule has 0 bridgehead atoms. The number of aromatic nitrogens is 1. The van der Waals surface area contributed by atoms with Gasteiger partial charge in [-0.1, -0.05) is 24.3 Å². The second kappa shape index (κ2) is 8.78. The molecule has 0 fully saturated rings. The van der Waals surface area contributed by atoms with E-state index < -0.39 is 0 Å². The minimum absolute atomic E-state index is 0.0588. The quantitative estimate of drug-likeness (QED) is 0.449. The first-order valence-electron chi connectivity index (χ1n) is 9.76. The van der Waals surface area contributed by atoms with Gasteiger partial charge in [0.05, 0.1) is 27.0 Å². The lowest BCUT2D eigenvalue weighted by Gasteiger charge is -2.19. The molecular weight excluding hydrogens is 380 g/mol. The maximum atomic E-state index is 12.8. The van der Waals surface area contributed by atoms with E-state index in [9.17, 15) is 4.79 Å². The molecule has 0 aliphatic heterocycles. The molecule has 1 amide bonds. The Morgan fingerprint density at radius 2 is 1.90 bits per heavy atom. The number of ether oxygens (including phenoxy) is 2. The van der Waals surface area contributed by atoms with Crippen LogP contribution in [0.15, 0.2) is 71.5 Å². The highest BCUT2D eigenvalue weighted by Gasteiger charge is 2.23. The second-order valence-electron chi connectivity index (χ2n) is 7.02. The SMILES string of the molecule is COc1ccc([C@@H](CC(=O)NCc2ccco2)c2c[nH]c3ccccc23)cc1OC. The van der Waals surface area contributed by atoms with Crippen LogP contribution in [0.3, 0.4) is 0 Å². The maximum absolute atomic E-state index is 12.8. The summed E-state index contributed by atoms with van der Waals surface area (Å²) in [6.45, 7) is 0.359. The number of hydrogen-bond donors (Lipinski definition) is 2. The number of amides is 1. The highest BCUT2D eigenvalue weighted by molar-refractivity contribution is 5.86. The third kappa shape index (κ3) is 4.03. The minimum atomic E-state index is -0.155. The topological polar surface area (TPSA) is 76.5 Å². The average Bonchev–Trinajstić information content (AvgIpc) is 3.45. The summed E-state index contributed by atoms with van der Waals surface area (Å²) in [5.74, 6) is 1.80. The lowest BCUT2D eigenvalue weighted by Crippen LogP contribution is -2.24. The molecule has 2 N–H and O–H groups in total. The number of para-hydroxylation sites is 1. The van der Waals surface area contributed by atoms with Gasteiger partial charge in [0.2, 0.25) is 5.91 Å². The Labute approximate surface area is 174 Å². The summed E-state index contributed by atoms with van der Waals surface area (Å²) in [5, 5.41) is 4.04. The van der Waals surface area contributed by atoms with Crippen molar-refractivity contribution in [3.63, 3.8) is 0 Å². The summed E-state index contributed by atoms with van der Waals surface area (Å²) in [6, 6.07) is 17.5. The van der Waals surface area contributed by atoms with Gasteiger partial charge >= 0.3 is 0 Å². The zero-order chi connectivity index (χ0) is 20.9.